The first kappa shape index (κ1) is 13.5. The topological polar surface area (TPSA) is 80.5 Å². The average Bonchev–Trinajstić information content (AvgIpc) is 3.08. The van der Waals surface area contributed by atoms with Gasteiger partial charge < -0.3 is 5.73 Å². The molecule has 0 aliphatic rings. The highest BCUT2D eigenvalue weighted by Crippen LogP contribution is 2.27. The van der Waals surface area contributed by atoms with Crippen molar-refractivity contribution in [1.29, 1.82) is 0 Å². The van der Waals surface area contributed by atoms with E-state index in [2.05, 4.69) is 44.4 Å². The van der Waals surface area contributed by atoms with Gasteiger partial charge in [0.2, 0.25) is 0 Å². The first-order valence-corrected chi connectivity index (χ1v) is 6.93. The molecule has 0 amide bonds. The largest absolute Gasteiger partial charge is 0.330 e. The van der Waals surface area contributed by atoms with Crippen molar-refractivity contribution in [2.45, 2.75) is 12.3 Å². The van der Waals surface area contributed by atoms with Crippen molar-refractivity contribution in [3.8, 4) is 11.1 Å². The van der Waals surface area contributed by atoms with E-state index in [1.165, 1.54) is 5.56 Å². The van der Waals surface area contributed by atoms with Crippen LogP contribution in [0.3, 0.4) is 0 Å². The Hall–Kier alpha value is -2.53. The number of benzene rings is 1. The SMILES string of the molecule is NCCC(c1ccc(-c2cn[nH]c2)cc1)c1cnccn1. The Labute approximate surface area is 123 Å². The summed E-state index contributed by atoms with van der Waals surface area (Å²) >= 11 is 0. The third-order valence-electron chi connectivity index (χ3n) is 3.54. The first-order valence-electron chi connectivity index (χ1n) is 6.93. The Morgan fingerprint density at radius 1 is 1.05 bits per heavy atom. The molecule has 0 fully saturated rings. The third-order valence-corrected chi connectivity index (χ3v) is 3.54. The molecule has 0 saturated heterocycles. The zero-order valence-electron chi connectivity index (χ0n) is 11.6. The van der Waals surface area contributed by atoms with E-state index in [4.69, 9.17) is 5.73 Å². The highest BCUT2D eigenvalue weighted by atomic mass is 15.1. The van der Waals surface area contributed by atoms with Gasteiger partial charge in [0.05, 0.1) is 11.9 Å². The van der Waals surface area contributed by atoms with E-state index in [0.717, 1.165) is 23.2 Å². The number of H-pyrrole nitrogens is 1. The first-order chi connectivity index (χ1) is 10.4. The van der Waals surface area contributed by atoms with Crippen LogP contribution in [0.4, 0.5) is 0 Å². The van der Waals surface area contributed by atoms with Gasteiger partial charge in [-0.3, -0.25) is 15.1 Å². The molecule has 0 aliphatic carbocycles. The lowest BCUT2D eigenvalue weighted by molar-refractivity contribution is 0.701. The zero-order valence-corrected chi connectivity index (χ0v) is 11.6. The minimum Gasteiger partial charge on any atom is -0.330 e. The molecule has 0 bridgehead atoms. The van der Waals surface area contributed by atoms with Crippen LogP contribution >= 0.6 is 0 Å². The van der Waals surface area contributed by atoms with Gasteiger partial charge in [-0.25, -0.2) is 0 Å². The smallest absolute Gasteiger partial charge is 0.0661 e. The van der Waals surface area contributed by atoms with Crippen LogP contribution in [-0.4, -0.2) is 26.7 Å². The third kappa shape index (κ3) is 2.98. The summed E-state index contributed by atoms with van der Waals surface area (Å²) in [7, 11) is 0. The molecule has 3 aromatic rings. The van der Waals surface area contributed by atoms with E-state index in [1.54, 1.807) is 12.4 Å². The molecule has 2 heterocycles. The number of aromatic nitrogens is 4. The molecule has 0 saturated carbocycles. The lowest BCUT2D eigenvalue weighted by Crippen LogP contribution is -2.10. The number of nitrogens with zero attached hydrogens (tertiary/aromatic N) is 3. The Morgan fingerprint density at radius 2 is 1.90 bits per heavy atom. The summed E-state index contributed by atoms with van der Waals surface area (Å²) in [5, 5.41) is 6.80. The van der Waals surface area contributed by atoms with Crippen molar-refractivity contribution < 1.29 is 0 Å². The highest BCUT2D eigenvalue weighted by molar-refractivity contribution is 5.62. The van der Waals surface area contributed by atoms with Crippen molar-refractivity contribution in [3.63, 3.8) is 0 Å². The van der Waals surface area contributed by atoms with Gasteiger partial charge in [0, 0.05) is 36.3 Å². The van der Waals surface area contributed by atoms with Crippen LogP contribution in [0.15, 0.2) is 55.2 Å². The Kier molecular flexibility index (Phi) is 4.02. The summed E-state index contributed by atoms with van der Waals surface area (Å²) in [5.41, 5.74) is 10.1. The van der Waals surface area contributed by atoms with Crippen LogP contribution in [0.25, 0.3) is 11.1 Å². The second-order valence-corrected chi connectivity index (χ2v) is 4.87. The van der Waals surface area contributed by atoms with Gasteiger partial charge in [0.25, 0.3) is 0 Å². The predicted octanol–water partition coefficient (Wildman–Crippen LogP) is 2.35. The molecular weight excluding hydrogens is 262 g/mol. The lowest BCUT2D eigenvalue weighted by Gasteiger charge is -2.16. The summed E-state index contributed by atoms with van der Waals surface area (Å²) in [4.78, 5) is 8.57. The molecule has 1 aromatic carbocycles. The Balaban J connectivity index is 1.90. The van der Waals surface area contributed by atoms with E-state index in [1.807, 2.05) is 18.6 Å². The number of aromatic amines is 1. The lowest BCUT2D eigenvalue weighted by atomic mass is 9.91. The van der Waals surface area contributed by atoms with E-state index >= 15 is 0 Å². The molecule has 3 rings (SSSR count). The minimum atomic E-state index is 0.182. The Morgan fingerprint density at radius 3 is 2.52 bits per heavy atom. The second-order valence-electron chi connectivity index (χ2n) is 4.87. The fraction of sp³-hybridized carbons (Fsp3) is 0.188. The minimum absolute atomic E-state index is 0.182. The van der Waals surface area contributed by atoms with Gasteiger partial charge >= 0.3 is 0 Å². The van der Waals surface area contributed by atoms with Crippen LogP contribution in [0.5, 0.6) is 0 Å². The van der Waals surface area contributed by atoms with Crippen LogP contribution in [0.1, 0.15) is 23.6 Å². The van der Waals surface area contributed by atoms with Crippen molar-refractivity contribution in [1.82, 2.24) is 20.2 Å². The normalized spacial score (nSPS) is 12.2. The molecule has 0 aliphatic heterocycles. The maximum absolute atomic E-state index is 5.75. The molecule has 1 atom stereocenters. The summed E-state index contributed by atoms with van der Waals surface area (Å²) < 4.78 is 0. The van der Waals surface area contributed by atoms with E-state index in [0.29, 0.717) is 6.54 Å². The summed E-state index contributed by atoms with van der Waals surface area (Å²) in [6.07, 6.45) is 9.77. The van der Waals surface area contributed by atoms with Gasteiger partial charge in [-0.1, -0.05) is 24.3 Å². The number of nitrogens with two attached hydrogens (primary N) is 1. The standard InChI is InChI=1S/C16H17N5/c17-6-5-15(16-11-18-7-8-19-16)13-3-1-12(2-4-13)14-9-20-21-10-14/h1-4,7-11,15H,5-6,17H2,(H,20,21). The molecule has 0 spiro atoms. The van der Waals surface area contributed by atoms with E-state index in [9.17, 15) is 0 Å². The van der Waals surface area contributed by atoms with Crippen molar-refractivity contribution in [2.24, 2.45) is 5.73 Å². The van der Waals surface area contributed by atoms with Crippen molar-refractivity contribution >= 4 is 0 Å². The quantitative estimate of drug-likeness (QED) is 0.751. The molecule has 21 heavy (non-hydrogen) atoms. The van der Waals surface area contributed by atoms with Crippen LogP contribution in [0.2, 0.25) is 0 Å². The number of nitrogens with one attached hydrogen (secondary N) is 1. The fourth-order valence-electron chi connectivity index (χ4n) is 2.46. The molecule has 1 unspecified atom stereocenters. The fourth-order valence-corrected chi connectivity index (χ4v) is 2.46. The molecule has 106 valence electrons. The van der Waals surface area contributed by atoms with E-state index in [-0.39, 0.29) is 5.92 Å². The van der Waals surface area contributed by atoms with Crippen molar-refractivity contribution in [3.05, 3.63) is 66.5 Å². The highest BCUT2D eigenvalue weighted by Gasteiger charge is 2.15. The molecular formula is C16H17N5. The van der Waals surface area contributed by atoms with Gasteiger partial charge in [-0.15, -0.1) is 0 Å². The van der Waals surface area contributed by atoms with Gasteiger partial charge in [0.15, 0.2) is 0 Å². The van der Waals surface area contributed by atoms with E-state index < -0.39 is 0 Å². The maximum Gasteiger partial charge on any atom is 0.0661 e. The molecule has 2 aromatic heterocycles. The van der Waals surface area contributed by atoms with Gasteiger partial charge in [-0.05, 0) is 24.1 Å². The molecule has 3 N–H and O–H groups in total. The summed E-state index contributed by atoms with van der Waals surface area (Å²) in [5.74, 6) is 0.182. The van der Waals surface area contributed by atoms with Crippen LogP contribution < -0.4 is 5.73 Å². The Bertz CT molecular complexity index is 662. The summed E-state index contributed by atoms with van der Waals surface area (Å²) in [6, 6.07) is 8.44. The number of hydrogen-bond donors (Lipinski definition) is 2. The molecule has 5 heteroatoms. The van der Waals surface area contributed by atoms with Gasteiger partial charge in [0.1, 0.15) is 0 Å². The monoisotopic (exact) mass is 279 g/mol. The molecule has 0 radical (unpaired) electrons. The predicted molar refractivity (Wildman–Crippen MR) is 81.6 cm³/mol. The number of rotatable bonds is 5. The van der Waals surface area contributed by atoms with Crippen LogP contribution in [-0.2, 0) is 0 Å². The maximum atomic E-state index is 5.75. The zero-order chi connectivity index (χ0) is 14.5. The number of hydrogen-bond acceptors (Lipinski definition) is 4. The average molecular weight is 279 g/mol. The van der Waals surface area contributed by atoms with Crippen LogP contribution in [0, 0.1) is 0 Å². The van der Waals surface area contributed by atoms with Crippen molar-refractivity contribution in [2.75, 3.05) is 6.54 Å². The molecule has 5 nitrogen and oxygen atoms in total. The second kappa shape index (κ2) is 6.28. The summed E-state index contributed by atoms with van der Waals surface area (Å²) in [6.45, 7) is 0.616. The van der Waals surface area contributed by atoms with Gasteiger partial charge in [-0.2, -0.15) is 5.10 Å².